The molecule has 62 heavy (non-hydrogen) atoms. The normalized spacial score (nSPS) is 15.4. The Morgan fingerprint density at radius 2 is 0.919 bits per heavy atom. The number of hydrogen-bond acceptors (Lipinski definition) is 3. The smallest absolute Gasteiger partial charge is 0.399 e. The number of fused-ring (bicyclic) bond motifs is 6. The molecule has 1 fully saturated rings. The summed E-state index contributed by atoms with van der Waals surface area (Å²) in [6.07, 6.45) is 0. The lowest BCUT2D eigenvalue weighted by Gasteiger charge is -2.32. The average Bonchev–Trinajstić information content (AvgIpc) is 3.82. The van der Waals surface area contributed by atoms with Crippen molar-refractivity contribution in [1.82, 2.24) is 9.13 Å². The lowest BCUT2D eigenvalue weighted by atomic mass is 9.75. The minimum atomic E-state index is -0.674. The van der Waals surface area contributed by atoms with Gasteiger partial charge in [0.15, 0.2) is 0 Å². The van der Waals surface area contributed by atoms with E-state index in [4.69, 9.17) is 9.31 Å². The Morgan fingerprint density at radius 3 is 1.44 bits per heavy atom. The van der Waals surface area contributed by atoms with Crippen molar-refractivity contribution in [1.29, 1.82) is 0 Å². The van der Waals surface area contributed by atoms with Gasteiger partial charge in [-0.25, -0.2) is 0 Å². The lowest BCUT2D eigenvalue weighted by Crippen LogP contribution is -2.41. The number of nitrogens with zero attached hydrogens (tertiary/aromatic N) is 3. The van der Waals surface area contributed by atoms with Crippen LogP contribution in [-0.2, 0) is 20.1 Å². The third kappa shape index (κ3) is 6.46. The first kappa shape index (κ1) is 40.0. The third-order valence-electron chi connectivity index (χ3n) is 13.5. The fraction of sp³-hybridized carbons (Fsp3) is 0.250. The Hall–Kier alpha value is -6.08. The van der Waals surface area contributed by atoms with Crippen molar-refractivity contribution in [3.8, 4) is 11.4 Å². The van der Waals surface area contributed by atoms with Crippen molar-refractivity contribution in [2.75, 3.05) is 4.90 Å². The summed E-state index contributed by atoms with van der Waals surface area (Å²) in [5.41, 5.74) is 12.3. The van der Waals surface area contributed by atoms with Crippen molar-refractivity contribution in [2.24, 2.45) is 0 Å². The highest BCUT2D eigenvalue weighted by Gasteiger charge is 2.53. The second-order valence-electron chi connectivity index (χ2n) is 20.2. The second kappa shape index (κ2) is 14.2. The molecular weight excluding hydrogens is 757 g/mol. The Kier molecular flexibility index (Phi) is 9.19. The Morgan fingerprint density at radius 1 is 0.452 bits per heavy atom. The summed E-state index contributed by atoms with van der Waals surface area (Å²) in [7, 11) is -0.674. The monoisotopic (exact) mass is 813 g/mol. The van der Waals surface area contributed by atoms with Gasteiger partial charge in [0.2, 0.25) is 0 Å². The van der Waals surface area contributed by atoms with Crippen LogP contribution in [0.15, 0.2) is 158 Å². The van der Waals surface area contributed by atoms with Crippen molar-refractivity contribution < 1.29 is 9.31 Å². The van der Waals surface area contributed by atoms with Crippen LogP contribution in [0.1, 0.15) is 80.4 Å². The second-order valence-corrected chi connectivity index (χ2v) is 20.2. The SMILES string of the molecule is CC(C)(C)c1ccc(N(c2ccc(C(C)(C)C)cc2)c2cccc(-n3c4ccccc4c4cc5c6ccccc6n(-c6ccccc6)c5cc43)c2B2OC(C)(C)C(C)(C)O2)cc1. The molecule has 1 aliphatic heterocycles. The quantitative estimate of drug-likeness (QED) is 0.157. The Bertz CT molecular complexity index is 3070. The molecule has 0 N–H and O–H groups in total. The van der Waals surface area contributed by atoms with Gasteiger partial charge < -0.3 is 23.3 Å². The molecule has 0 unspecified atom stereocenters. The molecule has 0 aliphatic carbocycles. The maximum absolute atomic E-state index is 7.12. The number of aromatic nitrogens is 2. The first-order valence-corrected chi connectivity index (χ1v) is 22.0. The number of para-hydroxylation sites is 3. The molecule has 0 saturated carbocycles. The summed E-state index contributed by atoms with van der Waals surface area (Å²) in [4.78, 5) is 2.39. The number of rotatable bonds is 6. The van der Waals surface area contributed by atoms with Crippen molar-refractivity contribution in [2.45, 2.75) is 91.3 Å². The van der Waals surface area contributed by atoms with E-state index in [1.165, 1.54) is 38.2 Å². The zero-order valence-electron chi connectivity index (χ0n) is 37.7. The summed E-state index contributed by atoms with van der Waals surface area (Å²) in [6.45, 7) is 22.2. The molecule has 5 nitrogen and oxygen atoms in total. The predicted octanol–water partition coefficient (Wildman–Crippen LogP) is 14.2. The van der Waals surface area contributed by atoms with E-state index in [1.807, 2.05) is 0 Å². The van der Waals surface area contributed by atoms with Crippen LogP contribution >= 0.6 is 0 Å². The van der Waals surface area contributed by atoms with E-state index >= 15 is 0 Å². The van der Waals surface area contributed by atoms with E-state index < -0.39 is 18.3 Å². The zero-order valence-corrected chi connectivity index (χ0v) is 37.7. The molecule has 1 saturated heterocycles. The molecule has 7 aromatic carbocycles. The molecule has 1 aliphatic rings. The Balaban J connectivity index is 1.30. The van der Waals surface area contributed by atoms with Gasteiger partial charge in [-0.3, -0.25) is 0 Å². The van der Waals surface area contributed by atoms with E-state index in [-0.39, 0.29) is 10.8 Å². The molecule has 0 amide bonds. The highest BCUT2D eigenvalue weighted by atomic mass is 16.7. The molecule has 3 heterocycles. The molecule has 6 heteroatoms. The van der Waals surface area contributed by atoms with Crippen LogP contribution in [0.5, 0.6) is 0 Å². The van der Waals surface area contributed by atoms with E-state index in [0.717, 1.165) is 50.4 Å². The van der Waals surface area contributed by atoms with E-state index in [0.29, 0.717) is 0 Å². The fourth-order valence-corrected chi connectivity index (χ4v) is 9.33. The minimum absolute atomic E-state index is 0.0135. The van der Waals surface area contributed by atoms with Gasteiger partial charge >= 0.3 is 7.12 Å². The topological polar surface area (TPSA) is 31.6 Å². The molecule has 0 bridgehead atoms. The zero-order chi connectivity index (χ0) is 43.3. The first-order valence-electron chi connectivity index (χ1n) is 22.0. The van der Waals surface area contributed by atoms with Crippen LogP contribution in [0, 0.1) is 0 Å². The van der Waals surface area contributed by atoms with Crippen LogP contribution in [0.25, 0.3) is 55.0 Å². The van der Waals surface area contributed by atoms with Gasteiger partial charge in [-0.1, -0.05) is 126 Å². The average molecular weight is 814 g/mol. The maximum atomic E-state index is 7.12. The van der Waals surface area contributed by atoms with Crippen molar-refractivity contribution in [3.63, 3.8) is 0 Å². The summed E-state index contributed by atoms with van der Waals surface area (Å²) >= 11 is 0. The summed E-state index contributed by atoms with van der Waals surface area (Å²) < 4.78 is 19.1. The molecule has 10 rings (SSSR count). The van der Waals surface area contributed by atoms with Crippen LogP contribution < -0.4 is 10.4 Å². The van der Waals surface area contributed by atoms with Crippen molar-refractivity contribution >= 4 is 73.3 Å². The predicted molar refractivity (Wildman–Crippen MR) is 263 cm³/mol. The van der Waals surface area contributed by atoms with Gasteiger partial charge in [-0.15, -0.1) is 0 Å². The molecule has 0 radical (unpaired) electrons. The maximum Gasteiger partial charge on any atom is 0.499 e. The summed E-state index contributed by atoms with van der Waals surface area (Å²) in [5.74, 6) is 0. The molecule has 0 spiro atoms. The van der Waals surface area contributed by atoms with Gasteiger partial charge in [0.25, 0.3) is 0 Å². The van der Waals surface area contributed by atoms with E-state index in [1.54, 1.807) is 0 Å². The lowest BCUT2D eigenvalue weighted by molar-refractivity contribution is 0.00578. The third-order valence-corrected chi connectivity index (χ3v) is 13.5. The van der Waals surface area contributed by atoms with Gasteiger partial charge in [-0.05, 0) is 122 Å². The van der Waals surface area contributed by atoms with Gasteiger partial charge in [0.05, 0.1) is 33.3 Å². The largest absolute Gasteiger partial charge is 0.499 e. The van der Waals surface area contributed by atoms with Crippen LogP contribution in [0.3, 0.4) is 0 Å². The van der Waals surface area contributed by atoms with E-state index in [2.05, 4.69) is 241 Å². The summed E-state index contributed by atoms with van der Waals surface area (Å²) in [6, 6.07) is 57.9. The first-order chi connectivity index (χ1) is 29.5. The van der Waals surface area contributed by atoms with Crippen molar-refractivity contribution in [3.05, 3.63) is 169 Å². The molecule has 0 atom stereocenters. The Labute approximate surface area is 366 Å². The number of benzene rings is 7. The highest BCUT2D eigenvalue weighted by molar-refractivity contribution is 6.65. The molecule has 9 aromatic rings. The number of anilines is 3. The van der Waals surface area contributed by atoms with Gasteiger partial charge in [0, 0.05) is 55.4 Å². The standard InChI is InChI=1S/C56H56BN3O2/c1-53(2,3)37-27-31-40(32-28-37)58(41-33-29-38(30-34-41)54(4,5)6)48-25-18-26-49(52(48)57-61-55(7,8)56(9,10)62-57)60-47-24-17-15-22-43(47)45-35-44-42-21-14-16-23-46(42)59(50(44)36-51(45)60)39-19-12-11-13-20-39/h11-36H,1-10H3. The molecule has 2 aromatic heterocycles. The fourth-order valence-electron chi connectivity index (χ4n) is 9.33. The van der Waals surface area contributed by atoms with Crippen LogP contribution in [0.4, 0.5) is 17.1 Å². The number of hydrogen-bond donors (Lipinski definition) is 0. The molecular formula is C56H56BN3O2. The summed E-state index contributed by atoms with van der Waals surface area (Å²) in [5, 5.41) is 4.85. The minimum Gasteiger partial charge on any atom is -0.399 e. The highest BCUT2D eigenvalue weighted by Crippen LogP contribution is 2.44. The van der Waals surface area contributed by atoms with E-state index in [9.17, 15) is 0 Å². The van der Waals surface area contributed by atoms with Gasteiger partial charge in [-0.2, -0.15) is 0 Å². The molecule has 310 valence electrons. The van der Waals surface area contributed by atoms with Gasteiger partial charge in [0.1, 0.15) is 0 Å². The van der Waals surface area contributed by atoms with Crippen LogP contribution in [-0.4, -0.2) is 27.5 Å². The van der Waals surface area contributed by atoms with Crippen LogP contribution in [0.2, 0.25) is 0 Å².